The molecule has 31 heteroatoms. The maximum atomic E-state index is 12.4. The van der Waals surface area contributed by atoms with Gasteiger partial charge in [-0.25, -0.2) is 14.4 Å². The Bertz CT molecular complexity index is 2540. The van der Waals surface area contributed by atoms with Gasteiger partial charge in [-0.1, -0.05) is 50.7 Å². The van der Waals surface area contributed by atoms with E-state index in [2.05, 4.69) is 40.9 Å². The molecular weight excluding hydrogens is 1320 g/mol. The number of piperidine rings is 1. The van der Waals surface area contributed by atoms with Crippen molar-refractivity contribution in [3.05, 3.63) is 29.8 Å². The molecule has 3 saturated heterocycles. The molecule has 5 rings (SSSR count). The normalized spacial score (nSPS) is 17.3. The molecule has 0 aliphatic carbocycles. The van der Waals surface area contributed by atoms with E-state index in [1.807, 2.05) is 41.1 Å². The van der Waals surface area contributed by atoms with Crippen LogP contribution in [-0.2, 0) is 49.6 Å². The van der Waals surface area contributed by atoms with Crippen LogP contribution in [0.1, 0.15) is 115 Å². The van der Waals surface area contributed by atoms with Gasteiger partial charge in [0.1, 0.15) is 12.1 Å². The smallest absolute Gasteiger partial charge is 0.373 e. The molecule has 0 spiro atoms. The molecule has 3 aliphatic rings. The minimum atomic E-state index is -1.48. The van der Waals surface area contributed by atoms with Crippen molar-refractivity contribution in [2.45, 2.75) is 134 Å². The Kier molecular flexibility index (Phi) is 37.4. The summed E-state index contributed by atoms with van der Waals surface area (Å²) in [5, 5.41) is 67.3. The zero-order valence-electron chi connectivity index (χ0n) is 51.0. The van der Waals surface area contributed by atoms with E-state index >= 15 is 0 Å². The maximum absolute atomic E-state index is 12.4. The number of amides is 3. The molecule has 3 aliphatic heterocycles. The number of urea groups is 1. The number of hydrogen-bond acceptors (Lipinski definition) is 21. The molecule has 1 unspecified atom stereocenters. The first kappa shape index (κ1) is 76.8. The van der Waals surface area contributed by atoms with Crippen molar-refractivity contribution in [3.8, 4) is 0 Å². The third kappa shape index (κ3) is 32.3. The number of nitrogens with one attached hydrogen (secondary N) is 4. The van der Waals surface area contributed by atoms with Gasteiger partial charge in [0.05, 0.1) is 19.6 Å². The molecule has 0 bridgehead atoms. The Hall–Kier alpha value is -6.40. The Morgan fingerprint density at radius 2 is 1.06 bits per heavy atom. The molecule has 505 valence electrons. The second kappa shape index (κ2) is 43.3. The minimum Gasteiger partial charge on any atom is -0.481 e. The van der Waals surface area contributed by atoms with Crippen LogP contribution in [0.5, 0.6) is 0 Å². The number of benzene rings is 1. The first-order chi connectivity index (χ1) is 42.2. The Balaban J connectivity index is 0.00000507. The number of carbonyl (C=O) groups is 8. The number of rotatable bonds is 35. The van der Waals surface area contributed by atoms with Crippen molar-refractivity contribution in [2.24, 2.45) is 0 Å². The predicted octanol–water partition coefficient (Wildman–Crippen LogP) is 2.03. The van der Waals surface area contributed by atoms with Gasteiger partial charge in [-0.05, 0) is 95.5 Å². The monoisotopic (exact) mass is 1420 g/mol. The largest absolute Gasteiger partial charge is 0.481 e. The van der Waals surface area contributed by atoms with Crippen molar-refractivity contribution in [1.82, 2.24) is 55.4 Å². The molecule has 0 saturated carbocycles. The number of unbranched alkanes of at least 4 members (excludes halogenated alkanes) is 8. The Morgan fingerprint density at radius 1 is 0.551 bits per heavy atom. The van der Waals surface area contributed by atoms with E-state index in [1.54, 1.807) is 4.90 Å². The average molecular weight is 1420 g/mol. The summed E-state index contributed by atoms with van der Waals surface area (Å²) in [6.45, 7) is 8.73. The number of nitrogens with zero attached hydrogens (tertiary/aromatic N) is 10. The van der Waals surface area contributed by atoms with Gasteiger partial charge < -0.3 is 66.6 Å². The van der Waals surface area contributed by atoms with Crippen LogP contribution in [0, 0.1) is 36.9 Å². The van der Waals surface area contributed by atoms with Gasteiger partial charge >= 0.3 is 48.0 Å². The second-order valence-corrected chi connectivity index (χ2v) is 22.6. The topological polar surface area (TPSA) is 402 Å². The molecule has 1 aromatic carbocycles. The van der Waals surface area contributed by atoms with Gasteiger partial charge in [-0.2, -0.15) is 24.5 Å². The van der Waals surface area contributed by atoms with Gasteiger partial charge in [-0.15, -0.1) is 0 Å². The summed E-state index contributed by atoms with van der Waals surface area (Å²) in [5.74, 6) is -5.22. The van der Waals surface area contributed by atoms with Crippen molar-refractivity contribution >= 4 is 77.4 Å². The van der Waals surface area contributed by atoms with Crippen LogP contribution in [-0.4, -0.2) is 267 Å². The molecule has 3 fully saturated rings. The van der Waals surface area contributed by atoms with Crippen LogP contribution < -0.4 is 31.1 Å². The summed E-state index contributed by atoms with van der Waals surface area (Å²) in [6, 6.07) is 3.93. The Labute approximate surface area is 548 Å². The third-order valence-electron chi connectivity index (χ3n) is 15.6. The predicted molar refractivity (Wildman–Crippen MR) is 321 cm³/mol. The molecule has 3 amide bonds. The fourth-order valence-corrected chi connectivity index (χ4v) is 10.8. The quantitative estimate of drug-likeness (QED) is 0.0441. The zero-order chi connectivity index (χ0) is 64.2. The second-order valence-electron chi connectivity index (χ2n) is 22.6. The summed E-state index contributed by atoms with van der Waals surface area (Å²) in [7, 11) is 1.95. The van der Waals surface area contributed by atoms with Gasteiger partial charge in [0.25, 0.3) is 0 Å². The molecule has 89 heavy (non-hydrogen) atoms. The van der Waals surface area contributed by atoms with Gasteiger partial charge in [0, 0.05) is 153 Å². The standard InChI is InChI=1S/C57H92N14O14.CO2.Lu/c1-65-27-28-67(39-49(75)76)29-30-68(40-50(77)78)33-36-71(41-51(79)80)44(38-65)37-42-17-19-43(20-18-42)59-54-62-55(69-25-13-8-14-26-69)64-56(63-54)70-34-31-66(32-35-70)24-12-7-5-3-2-4-6-9-16-47(72)58-23-11-10-15-45(52(81)82)60-57(85)61-46(53(83)84)21-22-48(73)74;2-1-3;/h17-20,44-46H,2-16,21-41H2,1H3,(H,58,72)(H,73,74)(H,75,76)(H,77,78)(H,79,80)(H,81,82)(H,83,84)(H2,60,61,85)(H,59,62,63,64);;/t44?,45-,46-;;/m0../s1. The molecule has 1 aromatic heterocycles. The molecule has 1 radical (unpaired) electrons. The van der Waals surface area contributed by atoms with E-state index < -0.39 is 60.4 Å². The maximum Gasteiger partial charge on any atom is 0.373 e. The van der Waals surface area contributed by atoms with E-state index in [0.717, 1.165) is 121 Å². The molecular formula is C58H92LuN14O16. The number of aliphatic carboxylic acids is 6. The molecule has 4 heterocycles. The number of likely N-dealkylation sites (N-methyl/N-ethyl adjacent to an activating group) is 1. The third-order valence-corrected chi connectivity index (χ3v) is 15.6. The van der Waals surface area contributed by atoms with Crippen molar-refractivity contribution in [1.29, 1.82) is 0 Å². The molecule has 10 N–H and O–H groups in total. The average Bonchev–Trinajstić information content (AvgIpc) is 2.84. The SMILES string of the molecule is CN1CCN(CC(=O)O)CCN(CC(=O)O)CCN(CC(=O)O)C(Cc2ccc(Nc3nc(N4CCCCC4)nc(N4CCN(CCCCCCCCCCC(=O)NCCCC[C@H](NC(=O)N[C@@H](CCC(=O)O)C(=O)O)C(=O)O)CC4)n3)cc2)C1.O=C=O.[Lu]. The number of aromatic nitrogens is 3. The Morgan fingerprint density at radius 3 is 1.61 bits per heavy atom. The van der Waals surface area contributed by atoms with Crippen LogP contribution in [0.4, 0.5) is 28.3 Å². The van der Waals surface area contributed by atoms with Crippen molar-refractivity contribution in [2.75, 3.05) is 140 Å². The number of carboxylic acids is 6. The van der Waals surface area contributed by atoms with Crippen molar-refractivity contribution in [3.63, 3.8) is 0 Å². The van der Waals surface area contributed by atoms with Gasteiger partial charge in [0.2, 0.25) is 23.8 Å². The summed E-state index contributed by atoms with van der Waals surface area (Å²) >= 11 is 0. The van der Waals surface area contributed by atoms with E-state index in [4.69, 9.17) is 29.6 Å². The fourth-order valence-electron chi connectivity index (χ4n) is 10.8. The van der Waals surface area contributed by atoms with Crippen LogP contribution >= 0.6 is 0 Å². The number of carboxylic acid groups (broad SMARTS) is 6. The molecule has 30 nitrogen and oxygen atoms in total. The summed E-state index contributed by atoms with van der Waals surface area (Å²) in [6.07, 6.45) is 13.0. The van der Waals surface area contributed by atoms with Gasteiger partial charge in [-0.3, -0.25) is 43.6 Å². The van der Waals surface area contributed by atoms with Crippen molar-refractivity contribution < 1.29 is 115 Å². The number of hydrogen-bond donors (Lipinski definition) is 10. The van der Waals surface area contributed by atoms with E-state index in [0.29, 0.717) is 95.9 Å². The first-order valence-electron chi connectivity index (χ1n) is 30.6. The minimum absolute atomic E-state index is 0. The summed E-state index contributed by atoms with van der Waals surface area (Å²) in [4.78, 5) is 140. The fraction of sp³-hybridized carbons (Fsp3) is 0.690. The van der Waals surface area contributed by atoms with E-state index in [-0.39, 0.29) is 87.5 Å². The van der Waals surface area contributed by atoms with E-state index in [1.165, 1.54) is 6.42 Å². The van der Waals surface area contributed by atoms with E-state index in [9.17, 15) is 63.9 Å². The van der Waals surface area contributed by atoms with Crippen LogP contribution in [0.2, 0.25) is 0 Å². The number of piperazine rings is 1. The van der Waals surface area contributed by atoms with Gasteiger partial charge in [0.15, 0.2) is 0 Å². The number of carbonyl (C=O) groups excluding carboxylic acids is 4. The zero-order valence-corrected chi connectivity index (χ0v) is 52.7. The summed E-state index contributed by atoms with van der Waals surface area (Å²) < 4.78 is 0. The summed E-state index contributed by atoms with van der Waals surface area (Å²) in [5.41, 5.74) is 1.77. The van der Waals surface area contributed by atoms with Crippen LogP contribution in [0.15, 0.2) is 24.3 Å². The van der Waals surface area contributed by atoms with Crippen LogP contribution in [0.3, 0.4) is 0 Å². The van der Waals surface area contributed by atoms with Crippen LogP contribution in [0.25, 0.3) is 0 Å². The molecule has 3 atom stereocenters. The molecule has 2 aromatic rings. The first-order valence-corrected chi connectivity index (χ1v) is 30.6. The number of anilines is 4.